The molecule has 2 atom stereocenters. The molecule has 0 fully saturated rings. The van der Waals surface area contributed by atoms with Gasteiger partial charge in [0.15, 0.2) is 0 Å². The van der Waals surface area contributed by atoms with E-state index in [9.17, 15) is 0 Å². The van der Waals surface area contributed by atoms with Gasteiger partial charge in [-0.1, -0.05) is 152 Å². The van der Waals surface area contributed by atoms with E-state index in [0.29, 0.717) is 5.92 Å². The highest BCUT2D eigenvalue weighted by Gasteiger charge is 2.37. The molecule has 8 aromatic rings. The topological polar surface area (TPSA) is 3.24 Å². The zero-order chi connectivity index (χ0) is 32.3. The summed E-state index contributed by atoms with van der Waals surface area (Å²) in [6, 6.07) is 60.6. The molecule has 1 aliphatic carbocycles. The van der Waals surface area contributed by atoms with Gasteiger partial charge in [0.1, 0.15) is 0 Å². The third kappa shape index (κ3) is 4.54. The van der Waals surface area contributed by atoms with E-state index in [1.54, 1.807) is 0 Å². The van der Waals surface area contributed by atoms with Crippen LogP contribution in [0.15, 0.2) is 188 Å². The molecular weight excluding hydrogens is 591 g/mol. The van der Waals surface area contributed by atoms with Crippen LogP contribution in [0.5, 0.6) is 0 Å². The summed E-state index contributed by atoms with van der Waals surface area (Å²) in [6.45, 7) is 0. The summed E-state index contributed by atoms with van der Waals surface area (Å²) in [7, 11) is 0. The van der Waals surface area contributed by atoms with Gasteiger partial charge in [0.2, 0.25) is 0 Å². The number of nitrogens with zero attached hydrogens (tertiary/aromatic N) is 1. The fourth-order valence-corrected chi connectivity index (χ4v) is 8.23. The molecule has 0 amide bonds. The van der Waals surface area contributed by atoms with Crippen LogP contribution in [0.25, 0.3) is 65.7 Å². The first-order chi connectivity index (χ1) is 24.3. The van der Waals surface area contributed by atoms with Crippen molar-refractivity contribution in [1.29, 1.82) is 0 Å². The minimum Gasteiger partial charge on any atom is -0.333 e. The Kier molecular flexibility index (Phi) is 6.38. The molecule has 0 bridgehead atoms. The Hall–Kier alpha value is -6.18. The number of allylic oxidation sites excluding steroid dienone is 2. The minimum atomic E-state index is 0.247. The predicted molar refractivity (Wildman–Crippen MR) is 209 cm³/mol. The van der Waals surface area contributed by atoms with Crippen molar-refractivity contribution in [2.24, 2.45) is 0 Å². The molecule has 0 saturated heterocycles. The van der Waals surface area contributed by atoms with Gasteiger partial charge in [-0.05, 0) is 108 Å². The average Bonchev–Trinajstić information content (AvgIpc) is 3.52. The van der Waals surface area contributed by atoms with Crippen LogP contribution in [-0.4, -0.2) is 6.04 Å². The lowest BCUT2D eigenvalue weighted by atomic mass is 9.89. The molecule has 49 heavy (non-hydrogen) atoms. The number of hydrogen-bond donors (Lipinski definition) is 0. The second-order valence-electron chi connectivity index (χ2n) is 13.3. The van der Waals surface area contributed by atoms with E-state index < -0.39 is 0 Å². The maximum atomic E-state index is 2.52. The Morgan fingerprint density at radius 3 is 1.59 bits per heavy atom. The smallest absolute Gasteiger partial charge is 0.0629 e. The van der Waals surface area contributed by atoms with Gasteiger partial charge in [0, 0.05) is 17.3 Å². The SMILES string of the molecule is C1=CC2c3cc(-c4cccc(-c5ccccc5)c4)ccc3N(c3ccc(-c4ccc5c6ccccc6c6ccccc6c5c4)cc3)C2C=C1. The van der Waals surface area contributed by atoms with E-state index in [1.807, 2.05) is 0 Å². The van der Waals surface area contributed by atoms with Crippen LogP contribution >= 0.6 is 0 Å². The number of anilines is 2. The Morgan fingerprint density at radius 1 is 0.347 bits per heavy atom. The van der Waals surface area contributed by atoms with Gasteiger partial charge >= 0.3 is 0 Å². The Morgan fingerprint density at radius 2 is 0.857 bits per heavy atom. The molecule has 8 aromatic carbocycles. The molecule has 2 unspecified atom stereocenters. The summed E-state index contributed by atoms with van der Waals surface area (Å²) in [5.74, 6) is 0.306. The normalized spacial score (nSPS) is 16.4. The number of rotatable bonds is 4. The molecule has 2 aliphatic rings. The van der Waals surface area contributed by atoms with Crippen molar-refractivity contribution in [3.8, 4) is 33.4 Å². The third-order valence-electron chi connectivity index (χ3n) is 10.6. The maximum absolute atomic E-state index is 2.52. The van der Waals surface area contributed by atoms with Crippen LogP contribution < -0.4 is 4.90 Å². The first-order valence-corrected chi connectivity index (χ1v) is 17.2. The Balaban J connectivity index is 1.02. The highest BCUT2D eigenvalue weighted by Crippen LogP contribution is 2.49. The van der Waals surface area contributed by atoms with E-state index in [-0.39, 0.29) is 6.04 Å². The van der Waals surface area contributed by atoms with Crippen molar-refractivity contribution in [2.45, 2.75) is 12.0 Å². The maximum Gasteiger partial charge on any atom is 0.0629 e. The summed E-state index contributed by atoms with van der Waals surface area (Å²) in [6.07, 6.45) is 9.12. The summed E-state index contributed by atoms with van der Waals surface area (Å²) in [5, 5.41) is 7.84. The van der Waals surface area contributed by atoms with Gasteiger partial charge in [-0.25, -0.2) is 0 Å². The zero-order valence-electron chi connectivity index (χ0n) is 27.0. The molecule has 0 radical (unpaired) electrons. The molecule has 1 heteroatoms. The summed E-state index contributed by atoms with van der Waals surface area (Å²) in [4.78, 5) is 2.52. The van der Waals surface area contributed by atoms with Gasteiger partial charge in [-0.3, -0.25) is 0 Å². The fourth-order valence-electron chi connectivity index (χ4n) is 8.23. The molecule has 0 saturated carbocycles. The zero-order valence-corrected chi connectivity index (χ0v) is 27.0. The standard InChI is InChI=1S/C48H33N/c1-2-11-32(12-3-1)34-13-10-14-35(29-34)37-24-28-48-46(31-37)44-19-8-9-20-47(44)49(48)38-25-21-33(22-26-38)36-23-27-43-41-17-5-4-15-39(41)40-16-6-7-18-42(40)45(43)30-36/h1-31,44,47H. The highest BCUT2D eigenvalue weighted by molar-refractivity contribution is 6.25. The third-order valence-corrected chi connectivity index (χ3v) is 10.6. The molecule has 10 rings (SSSR count). The van der Waals surface area contributed by atoms with Crippen LogP contribution in [0.1, 0.15) is 11.5 Å². The van der Waals surface area contributed by atoms with E-state index in [0.717, 1.165) is 0 Å². The Labute approximate surface area is 286 Å². The molecule has 1 nitrogen and oxygen atoms in total. The lowest BCUT2D eigenvalue weighted by Crippen LogP contribution is -2.28. The van der Waals surface area contributed by atoms with Crippen molar-refractivity contribution in [3.63, 3.8) is 0 Å². The summed E-state index contributed by atoms with van der Waals surface area (Å²) in [5.41, 5.74) is 11.3. The second kappa shape index (κ2) is 11.2. The fraction of sp³-hybridized carbons (Fsp3) is 0.0417. The first kappa shape index (κ1) is 27.9. The van der Waals surface area contributed by atoms with E-state index >= 15 is 0 Å². The van der Waals surface area contributed by atoms with E-state index in [2.05, 4.69) is 193 Å². The molecule has 0 N–H and O–H groups in total. The van der Waals surface area contributed by atoms with Crippen molar-refractivity contribution < 1.29 is 0 Å². The molecule has 230 valence electrons. The molecule has 1 heterocycles. The van der Waals surface area contributed by atoms with Crippen molar-refractivity contribution in [1.82, 2.24) is 0 Å². The minimum absolute atomic E-state index is 0.247. The van der Waals surface area contributed by atoms with Crippen LogP contribution in [0, 0.1) is 0 Å². The average molecular weight is 624 g/mol. The lowest BCUT2D eigenvalue weighted by Gasteiger charge is -2.28. The largest absolute Gasteiger partial charge is 0.333 e. The van der Waals surface area contributed by atoms with E-state index in [4.69, 9.17) is 0 Å². The van der Waals surface area contributed by atoms with E-state index in [1.165, 1.54) is 82.6 Å². The number of fused-ring (bicyclic) bond motifs is 9. The summed E-state index contributed by atoms with van der Waals surface area (Å²) >= 11 is 0. The van der Waals surface area contributed by atoms with Crippen LogP contribution in [0.3, 0.4) is 0 Å². The second-order valence-corrected chi connectivity index (χ2v) is 13.3. The van der Waals surface area contributed by atoms with Crippen molar-refractivity contribution in [3.05, 3.63) is 194 Å². The quantitative estimate of drug-likeness (QED) is 0.176. The summed E-state index contributed by atoms with van der Waals surface area (Å²) < 4.78 is 0. The number of benzene rings is 8. The molecule has 0 aromatic heterocycles. The molecule has 1 aliphatic heterocycles. The van der Waals surface area contributed by atoms with Gasteiger partial charge in [-0.15, -0.1) is 0 Å². The Bertz CT molecular complexity index is 2570. The highest BCUT2D eigenvalue weighted by atomic mass is 15.2. The van der Waals surface area contributed by atoms with Gasteiger partial charge in [0.25, 0.3) is 0 Å². The first-order valence-electron chi connectivity index (χ1n) is 17.2. The van der Waals surface area contributed by atoms with Crippen LogP contribution in [-0.2, 0) is 0 Å². The monoisotopic (exact) mass is 623 g/mol. The lowest BCUT2D eigenvalue weighted by molar-refractivity contribution is 0.745. The van der Waals surface area contributed by atoms with Gasteiger partial charge < -0.3 is 4.90 Å². The molecule has 0 spiro atoms. The van der Waals surface area contributed by atoms with Crippen molar-refractivity contribution >= 4 is 43.7 Å². The van der Waals surface area contributed by atoms with Crippen LogP contribution in [0.4, 0.5) is 11.4 Å². The predicted octanol–water partition coefficient (Wildman–Crippen LogP) is 12.9. The van der Waals surface area contributed by atoms with Crippen LogP contribution in [0.2, 0.25) is 0 Å². The van der Waals surface area contributed by atoms with Crippen molar-refractivity contribution in [2.75, 3.05) is 4.90 Å². The molecular formula is C48H33N. The van der Waals surface area contributed by atoms with Gasteiger partial charge in [0.05, 0.1) is 6.04 Å². The van der Waals surface area contributed by atoms with Gasteiger partial charge in [-0.2, -0.15) is 0 Å². The number of hydrogen-bond acceptors (Lipinski definition) is 1.